The molecule has 0 aliphatic heterocycles. The van der Waals surface area contributed by atoms with E-state index in [9.17, 15) is 15.0 Å². The van der Waals surface area contributed by atoms with Gasteiger partial charge in [-0.25, -0.2) is 0 Å². The standard InChI is InChI=1S/C64H125NO3/c1-3-5-7-9-11-13-15-17-19-21-23-25-27-28-29-30-31-32-33-34-35-36-38-39-41-43-45-47-49-51-53-55-57-59-63(67)62(61-66)65-64(68)60-58-56-54-52-50-48-46-44-42-40-37-26-24-22-20-18-16-14-12-10-8-6-4-2/h22,24,57,59,62-63,66-67H,3-21,23,25-56,58,60-61H2,1-2H3,(H,65,68)/b24-22-,59-57+. The number of rotatable bonds is 59. The molecule has 4 heteroatoms. The van der Waals surface area contributed by atoms with Crippen molar-refractivity contribution in [1.29, 1.82) is 0 Å². The smallest absolute Gasteiger partial charge is 0.220 e. The second-order valence-corrected chi connectivity index (χ2v) is 21.8. The van der Waals surface area contributed by atoms with Gasteiger partial charge in [-0.2, -0.15) is 0 Å². The normalized spacial score (nSPS) is 12.8. The minimum atomic E-state index is -0.839. The van der Waals surface area contributed by atoms with Gasteiger partial charge in [-0.15, -0.1) is 0 Å². The molecule has 1 amide bonds. The quantitative estimate of drug-likeness (QED) is 0.0420. The SMILES string of the molecule is CCCCCCCCCC/C=C\CCCCCCCCCCCCCC(=O)NC(CO)C(O)/C=C/CCCCCCCCCCCCCCCCCCCCCCCCCCCCCCCCC. The lowest BCUT2D eigenvalue weighted by Gasteiger charge is -2.20. The van der Waals surface area contributed by atoms with E-state index < -0.39 is 12.1 Å². The molecule has 3 N–H and O–H groups in total. The molecular formula is C64H125NO3. The molecule has 2 unspecified atom stereocenters. The third-order valence-corrected chi connectivity index (χ3v) is 14.9. The van der Waals surface area contributed by atoms with E-state index in [1.54, 1.807) is 6.08 Å². The van der Waals surface area contributed by atoms with Gasteiger partial charge in [0.15, 0.2) is 0 Å². The Morgan fingerprint density at radius 2 is 0.559 bits per heavy atom. The topological polar surface area (TPSA) is 69.6 Å². The maximum Gasteiger partial charge on any atom is 0.220 e. The average Bonchev–Trinajstić information content (AvgIpc) is 3.34. The second-order valence-electron chi connectivity index (χ2n) is 21.8. The van der Waals surface area contributed by atoms with Crippen molar-refractivity contribution in [3.8, 4) is 0 Å². The van der Waals surface area contributed by atoms with Crippen LogP contribution >= 0.6 is 0 Å². The first kappa shape index (κ1) is 66.9. The number of amides is 1. The van der Waals surface area contributed by atoms with Crippen LogP contribution in [-0.2, 0) is 4.79 Å². The van der Waals surface area contributed by atoms with Crippen LogP contribution in [0.2, 0.25) is 0 Å². The summed E-state index contributed by atoms with van der Waals surface area (Å²) in [7, 11) is 0. The van der Waals surface area contributed by atoms with E-state index in [0.717, 1.165) is 25.7 Å². The largest absolute Gasteiger partial charge is 0.394 e. The first-order valence-electron chi connectivity index (χ1n) is 31.6. The van der Waals surface area contributed by atoms with E-state index in [1.807, 2.05) is 6.08 Å². The number of hydrogen-bond donors (Lipinski definition) is 3. The summed E-state index contributed by atoms with van der Waals surface area (Å²) in [6.45, 7) is 4.35. The van der Waals surface area contributed by atoms with E-state index in [2.05, 4.69) is 31.3 Å². The molecule has 404 valence electrons. The summed E-state index contributed by atoms with van der Waals surface area (Å²) in [5, 5.41) is 23.2. The summed E-state index contributed by atoms with van der Waals surface area (Å²) in [5.74, 6) is -0.0586. The van der Waals surface area contributed by atoms with E-state index in [1.165, 1.54) is 315 Å². The summed E-state index contributed by atoms with van der Waals surface area (Å²) >= 11 is 0. The molecule has 0 aromatic heterocycles. The Bertz CT molecular complexity index is 994. The van der Waals surface area contributed by atoms with E-state index in [4.69, 9.17) is 0 Å². The number of carbonyl (C=O) groups excluding carboxylic acids is 1. The lowest BCUT2D eigenvalue weighted by Crippen LogP contribution is -2.45. The highest BCUT2D eigenvalue weighted by atomic mass is 16.3. The van der Waals surface area contributed by atoms with Gasteiger partial charge in [0.05, 0.1) is 18.8 Å². The number of hydrogen-bond acceptors (Lipinski definition) is 3. The molecule has 0 saturated carbocycles. The number of nitrogens with one attached hydrogen (secondary N) is 1. The predicted octanol–water partition coefficient (Wildman–Crippen LogP) is 21.0. The van der Waals surface area contributed by atoms with Gasteiger partial charge in [0.2, 0.25) is 5.91 Å². The van der Waals surface area contributed by atoms with E-state index in [0.29, 0.717) is 6.42 Å². The zero-order chi connectivity index (χ0) is 49.2. The fourth-order valence-electron chi connectivity index (χ4n) is 10.1. The predicted molar refractivity (Wildman–Crippen MR) is 304 cm³/mol. The van der Waals surface area contributed by atoms with Gasteiger partial charge in [0, 0.05) is 6.42 Å². The molecule has 2 atom stereocenters. The minimum absolute atomic E-state index is 0.0586. The van der Waals surface area contributed by atoms with E-state index >= 15 is 0 Å². The third-order valence-electron chi connectivity index (χ3n) is 14.9. The van der Waals surface area contributed by atoms with Gasteiger partial charge in [0.25, 0.3) is 0 Å². The van der Waals surface area contributed by atoms with Crippen molar-refractivity contribution in [1.82, 2.24) is 5.32 Å². The first-order valence-corrected chi connectivity index (χ1v) is 31.6. The summed E-state index contributed by atoms with van der Waals surface area (Å²) in [6.07, 6.45) is 80.9. The van der Waals surface area contributed by atoms with Crippen LogP contribution in [0.3, 0.4) is 0 Å². The van der Waals surface area contributed by atoms with Crippen molar-refractivity contribution in [3.05, 3.63) is 24.3 Å². The Morgan fingerprint density at radius 1 is 0.338 bits per heavy atom. The lowest BCUT2D eigenvalue weighted by atomic mass is 10.0. The van der Waals surface area contributed by atoms with Gasteiger partial charge in [-0.1, -0.05) is 334 Å². The molecule has 0 rings (SSSR count). The van der Waals surface area contributed by atoms with Crippen LogP contribution in [0.25, 0.3) is 0 Å². The van der Waals surface area contributed by atoms with Crippen molar-refractivity contribution in [3.63, 3.8) is 0 Å². The average molecular weight is 957 g/mol. The molecule has 0 radical (unpaired) electrons. The highest BCUT2D eigenvalue weighted by Crippen LogP contribution is 2.18. The molecule has 0 aliphatic rings. The molecule has 68 heavy (non-hydrogen) atoms. The second kappa shape index (κ2) is 60.2. The molecule has 0 aromatic rings. The van der Waals surface area contributed by atoms with Crippen molar-refractivity contribution in [2.75, 3.05) is 6.61 Å². The van der Waals surface area contributed by atoms with Crippen molar-refractivity contribution in [2.24, 2.45) is 0 Å². The summed E-state index contributed by atoms with van der Waals surface area (Å²) in [5.41, 5.74) is 0. The monoisotopic (exact) mass is 956 g/mol. The molecule has 0 aromatic carbocycles. The summed E-state index contributed by atoms with van der Waals surface area (Å²) in [6, 6.07) is -0.622. The van der Waals surface area contributed by atoms with Crippen molar-refractivity contribution >= 4 is 5.91 Å². The molecule has 0 saturated heterocycles. The van der Waals surface area contributed by atoms with Gasteiger partial charge >= 0.3 is 0 Å². The maximum atomic E-state index is 12.5. The van der Waals surface area contributed by atoms with Gasteiger partial charge in [-0.05, 0) is 44.9 Å². The summed E-state index contributed by atoms with van der Waals surface area (Å²) < 4.78 is 0. The van der Waals surface area contributed by atoms with E-state index in [-0.39, 0.29) is 12.5 Å². The van der Waals surface area contributed by atoms with Crippen molar-refractivity contribution < 1.29 is 15.0 Å². The van der Waals surface area contributed by atoms with Gasteiger partial charge < -0.3 is 15.5 Å². The zero-order valence-corrected chi connectivity index (χ0v) is 46.7. The molecule has 0 fully saturated rings. The van der Waals surface area contributed by atoms with Crippen LogP contribution in [0.4, 0.5) is 0 Å². The minimum Gasteiger partial charge on any atom is -0.394 e. The zero-order valence-electron chi connectivity index (χ0n) is 46.7. The highest BCUT2D eigenvalue weighted by Gasteiger charge is 2.18. The fraction of sp³-hybridized carbons (Fsp3) is 0.922. The molecule has 4 nitrogen and oxygen atoms in total. The Balaban J connectivity index is 3.43. The number of aliphatic hydroxyl groups excluding tert-OH is 2. The van der Waals surface area contributed by atoms with Crippen LogP contribution in [0.15, 0.2) is 24.3 Å². The number of allylic oxidation sites excluding steroid dienone is 3. The van der Waals surface area contributed by atoms with Crippen LogP contribution in [-0.4, -0.2) is 34.9 Å². The lowest BCUT2D eigenvalue weighted by molar-refractivity contribution is -0.123. The van der Waals surface area contributed by atoms with Crippen LogP contribution in [0.5, 0.6) is 0 Å². The Labute approximate surface area is 428 Å². The Kier molecular flexibility index (Phi) is 59.2. The third kappa shape index (κ3) is 55.8. The molecular weight excluding hydrogens is 831 g/mol. The molecule has 0 heterocycles. The highest BCUT2D eigenvalue weighted by molar-refractivity contribution is 5.76. The molecule has 0 bridgehead atoms. The number of unbranched alkanes of at least 4 members (excludes halogenated alkanes) is 50. The van der Waals surface area contributed by atoms with Crippen LogP contribution in [0.1, 0.15) is 361 Å². The van der Waals surface area contributed by atoms with Crippen LogP contribution < -0.4 is 5.32 Å². The van der Waals surface area contributed by atoms with Gasteiger partial charge in [-0.3, -0.25) is 4.79 Å². The first-order chi connectivity index (χ1) is 33.7. The Morgan fingerprint density at radius 3 is 0.809 bits per heavy atom. The molecule has 0 spiro atoms. The molecule has 0 aliphatic carbocycles. The summed E-state index contributed by atoms with van der Waals surface area (Å²) in [4.78, 5) is 12.5. The fourth-order valence-corrected chi connectivity index (χ4v) is 10.1. The Hall–Kier alpha value is -1.13. The number of aliphatic hydroxyl groups is 2. The van der Waals surface area contributed by atoms with Gasteiger partial charge in [0.1, 0.15) is 0 Å². The van der Waals surface area contributed by atoms with Crippen LogP contribution in [0, 0.1) is 0 Å². The van der Waals surface area contributed by atoms with Crippen molar-refractivity contribution in [2.45, 2.75) is 373 Å². The number of carbonyl (C=O) groups is 1. The maximum absolute atomic E-state index is 12.5.